The number of halogens is 1. The van der Waals surface area contributed by atoms with Gasteiger partial charge in [0, 0.05) is 56.6 Å². The summed E-state index contributed by atoms with van der Waals surface area (Å²) in [6.45, 7) is 5.22. The molecule has 9 nitrogen and oxygen atoms in total. The third kappa shape index (κ3) is 4.50. The lowest BCUT2D eigenvalue weighted by Crippen LogP contribution is -2.35. The minimum Gasteiger partial charge on any atom is -0.348 e. The summed E-state index contributed by atoms with van der Waals surface area (Å²) in [6.07, 6.45) is 3.71. The molecule has 0 bridgehead atoms. The number of nitrogens with zero attached hydrogens (tertiary/aromatic N) is 8. The highest BCUT2D eigenvalue weighted by Gasteiger charge is 2.31. The Labute approximate surface area is 204 Å². The summed E-state index contributed by atoms with van der Waals surface area (Å²) in [5.74, 6) is 2.96. The predicted molar refractivity (Wildman–Crippen MR) is 130 cm³/mol. The van der Waals surface area contributed by atoms with Gasteiger partial charge < -0.3 is 9.80 Å². The molecular weight excluding hydrogens is 452 g/mol. The minimum atomic E-state index is 0.0579. The lowest BCUT2D eigenvalue weighted by molar-refractivity contribution is -0.130. The zero-order valence-corrected chi connectivity index (χ0v) is 20.5. The van der Waals surface area contributed by atoms with E-state index in [1.165, 1.54) is 0 Å². The average Bonchev–Trinajstić information content (AvgIpc) is 3.15. The summed E-state index contributed by atoms with van der Waals surface area (Å²) in [5, 5.41) is 9.92. The largest absolute Gasteiger partial charge is 0.348 e. The third-order valence-corrected chi connectivity index (χ3v) is 6.81. The van der Waals surface area contributed by atoms with Crippen LogP contribution in [-0.4, -0.2) is 74.2 Å². The highest BCUT2D eigenvalue weighted by atomic mass is 35.5. The second-order valence-corrected chi connectivity index (χ2v) is 9.71. The third-order valence-electron chi connectivity index (χ3n) is 6.58. The number of benzene rings is 1. The molecule has 0 radical (unpaired) electrons. The quantitative estimate of drug-likeness (QED) is 0.567. The molecule has 0 unspecified atom stereocenters. The van der Waals surface area contributed by atoms with Gasteiger partial charge in [-0.25, -0.2) is 9.97 Å². The molecular formula is C24H29ClN8O. The van der Waals surface area contributed by atoms with E-state index in [2.05, 4.69) is 34.5 Å². The number of fused-ring (bicyclic) bond motifs is 3. The number of piperidine rings is 1. The Hall–Kier alpha value is -3.04. The molecule has 0 aliphatic carbocycles. The van der Waals surface area contributed by atoms with Crippen LogP contribution in [0.5, 0.6) is 0 Å². The van der Waals surface area contributed by atoms with Crippen LogP contribution in [0.25, 0.3) is 5.69 Å². The first-order valence-corrected chi connectivity index (χ1v) is 12.0. The van der Waals surface area contributed by atoms with E-state index >= 15 is 0 Å². The molecule has 2 aliphatic rings. The number of hydrogen-bond donors (Lipinski definition) is 0. The predicted octanol–water partition coefficient (Wildman–Crippen LogP) is 2.81. The van der Waals surface area contributed by atoms with Crippen LogP contribution < -0.4 is 4.90 Å². The maximum Gasteiger partial charge on any atom is 0.236 e. The highest BCUT2D eigenvalue weighted by molar-refractivity contribution is 6.30. The van der Waals surface area contributed by atoms with E-state index in [0.717, 1.165) is 60.5 Å². The number of aromatic nitrogens is 5. The zero-order chi connectivity index (χ0) is 23.8. The van der Waals surface area contributed by atoms with E-state index in [4.69, 9.17) is 11.6 Å². The summed E-state index contributed by atoms with van der Waals surface area (Å²) in [5.41, 5.74) is 3.09. The molecule has 0 N–H and O–H groups in total. The molecule has 1 saturated heterocycles. The molecule has 4 heterocycles. The van der Waals surface area contributed by atoms with Crippen molar-refractivity contribution in [2.75, 3.05) is 38.6 Å². The maximum absolute atomic E-state index is 12.4. The van der Waals surface area contributed by atoms with Gasteiger partial charge in [0.15, 0.2) is 5.82 Å². The average molecular weight is 481 g/mol. The van der Waals surface area contributed by atoms with Crippen LogP contribution in [0.15, 0.2) is 30.5 Å². The van der Waals surface area contributed by atoms with Crippen LogP contribution in [0.2, 0.25) is 5.02 Å². The number of carbonyl (C=O) groups is 1. The summed E-state index contributed by atoms with van der Waals surface area (Å²) in [4.78, 5) is 27.4. The SMILES string of the molecule is Cc1ccnc(N2CCC(c3nnc4n3-c3ccc(Cl)cc3CN(CC(=O)N(C)C)C4)CC2)n1. The molecule has 1 fully saturated rings. The summed E-state index contributed by atoms with van der Waals surface area (Å²) in [7, 11) is 3.56. The van der Waals surface area contributed by atoms with Gasteiger partial charge in [-0.3, -0.25) is 14.3 Å². The monoisotopic (exact) mass is 480 g/mol. The molecule has 0 atom stereocenters. The van der Waals surface area contributed by atoms with Crippen molar-refractivity contribution in [3.8, 4) is 5.69 Å². The fourth-order valence-electron chi connectivity index (χ4n) is 4.73. The normalized spacial score (nSPS) is 16.6. The lowest BCUT2D eigenvalue weighted by atomic mass is 9.95. The van der Waals surface area contributed by atoms with Gasteiger partial charge in [0.2, 0.25) is 11.9 Å². The molecule has 34 heavy (non-hydrogen) atoms. The summed E-state index contributed by atoms with van der Waals surface area (Å²) in [6, 6.07) is 7.86. The Morgan fingerprint density at radius 3 is 2.68 bits per heavy atom. The first-order chi connectivity index (χ1) is 16.4. The van der Waals surface area contributed by atoms with Crippen molar-refractivity contribution in [3.63, 3.8) is 0 Å². The van der Waals surface area contributed by atoms with E-state index < -0.39 is 0 Å². The van der Waals surface area contributed by atoms with Crippen LogP contribution in [0.4, 0.5) is 5.95 Å². The lowest BCUT2D eigenvalue weighted by Gasteiger charge is -2.31. The maximum atomic E-state index is 12.4. The van der Waals surface area contributed by atoms with Gasteiger partial charge >= 0.3 is 0 Å². The topological polar surface area (TPSA) is 83.3 Å². The van der Waals surface area contributed by atoms with Gasteiger partial charge in [0.25, 0.3) is 0 Å². The summed E-state index contributed by atoms with van der Waals surface area (Å²) < 4.78 is 2.19. The van der Waals surface area contributed by atoms with E-state index in [-0.39, 0.29) is 11.8 Å². The van der Waals surface area contributed by atoms with Crippen LogP contribution in [0.3, 0.4) is 0 Å². The smallest absolute Gasteiger partial charge is 0.236 e. The van der Waals surface area contributed by atoms with Crippen molar-refractivity contribution >= 4 is 23.5 Å². The minimum absolute atomic E-state index is 0.0579. The van der Waals surface area contributed by atoms with Gasteiger partial charge in [-0.1, -0.05) is 11.6 Å². The van der Waals surface area contributed by atoms with Gasteiger partial charge in [-0.05, 0) is 49.6 Å². The Kier molecular flexibility index (Phi) is 6.22. The van der Waals surface area contributed by atoms with E-state index in [1.807, 2.05) is 37.4 Å². The molecule has 3 aromatic rings. The Morgan fingerprint density at radius 1 is 1.15 bits per heavy atom. The van der Waals surface area contributed by atoms with Gasteiger partial charge in [-0.15, -0.1) is 10.2 Å². The highest BCUT2D eigenvalue weighted by Crippen LogP contribution is 2.34. The van der Waals surface area contributed by atoms with Crippen LogP contribution in [0, 0.1) is 6.92 Å². The zero-order valence-electron chi connectivity index (χ0n) is 19.8. The van der Waals surface area contributed by atoms with Gasteiger partial charge in [0.1, 0.15) is 5.82 Å². The summed E-state index contributed by atoms with van der Waals surface area (Å²) >= 11 is 6.36. The number of aryl methyl sites for hydroxylation is 1. The molecule has 1 amide bonds. The molecule has 5 rings (SSSR count). The second kappa shape index (κ2) is 9.31. The second-order valence-electron chi connectivity index (χ2n) is 9.28. The number of hydrogen-bond acceptors (Lipinski definition) is 7. The fourth-order valence-corrected chi connectivity index (χ4v) is 4.92. The van der Waals surface area contributed by atoms with Crippen molar-refractivity contribution in [1.29, 1.82) is 0 Å². The molecule has 1 aromatic carbocycles. The van der Waals surface area contributed by atoms with Crippen molar-refractivity contribution in [2.45, 2.75) is 38.8 Å². The van der Waals surface area contributed by atoms with Crippen molar-refractivity contribution in [1.82, 2.24) is 34.5 Å². The van der Waals surface area contributed by atoms with Crippen LogP contribution >= 0.6 is 11.6 Å². The van der Waals surface area contributed by atoms with Gasteiger partial charge in [-0.2, -0.15) is 0 Å². The first-order valence-electron chi connectivity index (χ1n) is 11.6. The number of amides is 1. The van der Waals surface area contributed by atoms with Gasteiger partial charge in [0.05, 0.1) is 18.8 Å². The van der Waals surface area contributed by atoms with E-state index in [9.17, 15) is 4.79 Å². The molecule has 0 spiro atoms. The standard InChI is InChI=1S/C24H29ClN8O/c1-16-6-9-26-24(27-16)32-10-7-17(8-11-32)23-29-28-21-14-31(15-22(34)30(2)3)13-18-12-19(25)4-5-20(18)33(21)23/h4-6,9,12,17H,7-8,10-11,13-15H2,1-3H3. The van der Waals surface area contributed by atoms with E-state index in [0.29, 0.717) is 24.7 Å². The van der Waals surface area contributed by atoms with Crippen molar-refractivity contribution in [2.24, 2.45) is 0 Å². The number of rotatable bonds is 4. The van der Waals surface area contributed by atoms with Crippen molar-refractivity contribution < 1.29 is 4.79 Å². The number of likely N-dealkylation sites (N-methyl/N-ethyl adjacent to an activating group) is 1. The van der Waals surface area contributed by atoms with E-state index in [1.54, 1.807) is 19.0 Å². The Balaban J connectivity index is 1.43. The number of anilines is 1. The Morgan fingerprint density at radius 2 is 1.94 bits per heavy atom. The molecule has 0 saturated carbocycles. The molecule has 2 aromatic heterocycles. The van der Waals surface area contributed by atoms with Crippen LogP contribution in [0.1, 0.15) is 41.7 Å². The molecule has 10 heteroatoms. The Bertz CT molecular complexity index is 1200. The molecule has 178 valence electrons. The number of carbonyl (C=O) groups excluding carboxylic acids is 1. The molecule has 2 aliphatic heterocycles. The fraction of sp³-hybridized carbons (Fsp3) is 0.458. The van der Waals surface area contributed by atoms with Crippen molar-refractivity contribution in [3.05, 3.63) is 58.4 Å². The first kappa shape index (κ1) is 22.7. The van der Waals surface area contributed by atoms with Crippen LogP contribution in [-0.2, 0) is 17.9 Å².